The smallest absolute Gasteiger partial charge is 0.225 e. The minimum atomic E-state index is -0.361. The summed E-state index contributed by atoms with van der Waals surface area (Å²) in [7, 11) is 0. The lowest BCUT2D eigenvalue weighted by atomic mass is 10.1. The number of fused-ring (bicyclic) bond motifs is 1. The number of rotatable bonds is 6. The summed E-state index contributed by atoms with van der Waals surface area (Å²) in [6.45, 7) is 7.54. The van der Waals surface area contributed by atoms with Gasteiger partial charge in [0.15, 0.2) is 0 Å². The van der Waals surface area contributed by atoms with Gasteiger partial charge in [0.25, 0.3) is 0 Å². The molecule has 11 heteroatoms. The number of anilines is 1. The fraction of sp³-hybridized carbons (Fsp3) is 0.385. The fourth-order valence-corrected chi connectivity index (χ4v) is 5.57. The Hall–Kier alpha value is -2.98. The molecule has 1 unspecified atom stereocenters. The van der Waals surface area contributed by atoms with E-state index in [2.05, 4.69) is 25.0 Å². The minimum Gasteiger partial charge on any atom is -0.486 e. The maximum atomic E-state index is 6.31. The van der Waals surface area contributed by atoms with Crippen molar-refractivity contribution in [2.24, 2.45) is 0 Å². The van der Waals surface area contributed by atoms with Crippen LogP contribution in [0.4, 0.5) is 5.95 Å². The third-order valence-corrected chi connectivity index (χ3v) is 7.61. The molecule has 5 heterocycles. The van der Waals surface area contributed by atoms with E-state index in [0.717, 1.165) is 73.9 Å². The normalized spacial score (nSPS) is 18.0. The maximum Gasteiger partial charge on any atom is 0.225 e. The highest BCUT2D eigenvalue weighted by Gasteiger charge is 2.28. The number of pyridine rings is 1. The highest BCUT2D eigenvalue weighted by molar-refractivity contribution is 6.35. The van der Waals surface area contributed by atoms with Crippen LogP contribution in [0.2, 0.25) is 10.0 Å². The standard InChI is InChI=1S/C26H27Cl2N7O2/c1-16(24-21(27)12-29-13-22(24)28)37-19-3-4-23-20(9-19)25(33-32-23)17-10-30-26(31-11-17)35-6-2-5-34(7-8-35)18-14-36-15-18/h3-4,9-13,16,18H,2,5-8,14-15H2,1H3,(H,32,33). The van der Waals surface area contributed by atoms with Crippen molar-refractivity contribution < 1.29 is 9.47 Å². The summed E-state index contributed by atoms with van der Waals surface area (Å²) in [6, 6.07) is 6.35. The Balaban J connectivity index is 1.19. The van der Waals surface area contributed by atoms with Crippen LogP contribution < -0.4 is 9.64 Å². The van der Waals surface area contributed by atoms with Gasteiger partial charge in [-0.15, -0.1) is 0 Å². The van der Waals surface area contributed by atoms with Crippen molar-refractivity contribution in [3.05, 3.63) is 58.6 Å². The molecule has 0 amide bonds. The van der Waals surface area contributed by atoms with Crippen LogP contribution in [-0.2, 0) is 4.74 Å². The van der Waals surface area contributed by atoms with E-state index in [1.54, 1.807) is 12.4 Å². The van der Waals surface area contributed by atoms with Crippen LogP contribution in [-0.4, -0.2) is 75.5 Å². The van der Waals surface area contributed by atoms with Gasteiger partial charge < -0.3 is 14.4 Å². The first-order valence-corrected chi connectivity index (χ1v) is 13.2. The van der Waals surface area contributed by atoms with Crippen molar-refractivity contribution in [2.45, 2.75) is 25.5 Å². The zero-order valence-corrected chi connectivity index (χ0v) is 21.9. The largest absolute Gasteiger partial charge is 0.486 e. The molecule has 0 spiro atoms. The zero-order chi connectivity index (χ0) is 25.4. The van der Waals surface area contributed by atoms with Gasteiger partial charge in [0.05, 0.1) is 34.8 Å². The van der Waals surface area contributed by atoms with Gasteiger partial charge in [-0.3, -0.25) is 15.0 Å². The average Bonchev–Trinajstić information content (AvgIpc) is 3.13. The molecular formula is C26H27Cl2N7O2. The van der Waals surface area contributed by atoms with Crippen molar-refractivity contribution in [3.8, 4) is 17.0 Å². The van der Waals surface area contributed by atoms with Crippen LogP contribution in [0.15, 0.2) is 43.0 Å². The molecule has 1 aromatic carbocycles. The molecule has 192 valence electrons. The predicted molar refractivity (Wildman–Crippen MR) is 143 cm³/mol. The van der Waals surface area contributed by atoms with E-state index in [0.29, 0.717) is 27.4 Å². The molecular weight excluding hydrogens is 513 g/mol. The van der Waals surface area contributed by atoms with E-state index in [4.69, 9.17) is 42.6 Å². The number of nitrogens with one attached hydrogen (secondary N) is 1. The Morgan fingerprint density at radius 1 is 1.03 bits per heavy atom. The van der Waals surface area contributed by atoms with Crippen LogP contribution >= 0.6 is 23.2 Å². The fourth-order valence-electron chi connectivity index (χ4n) is 4.90. The Morgan fingerprint density at radius 2 is 1.81 bits per heavy atom. The monoisotopic (exact) mass is 539 g/mol. The average molecular weight is 540 g/mol. The van der Waals surface area contributed by atoms with Crippen molar-refractivity contribution >= 4 is 40.1 Å². The van der Waals surface area contributed by atoms with Gasteiger partial charge in [0, 0.05) is 67.5 Å². The van der Waals surface area contributed by atoms with Gasteiger partial charge >= 0.3 is 0 Å². The Labute approximate surface area is 224 Å². The molecule has 2 aliphatic rings. The lowest BCUT2D eigenvalue weighted by Gasteiger charge is -2.36. The van der Waals surface area contributed by atoms with Crippen LogP contribution in [0.25, 0.3) is 22.2 Å². The molecule has 4 aromatic rings. The summed E-state index contributed by atoms with van der Waals surface area (Å²) in [6.07, 6.45) is 7.53. The molecule has 1 N–H and O–H groups in total. The van der Waals surface area contributed by atoms with Crippen molar-refractivity contribution in [1.29, 1.82) is 0 Å². The molecule has 0 radical (unpaired) electrons. The second kappa shape index (κ2) is 10.4. The van der Waals surface area contributed by atoms with Gasteiger partial charge in [-0.05, 0) is 31.5 Å². The molecule has 2 fully saturated rings. The van der Waals surface area contributed by atoms with Gasteiger partial charge in [-0.2, -0.15) is 5.10 Å². The zero-order valence-electron chi connectivity index (χ0n) is 20.4. The molecule has 1 atom stereocenters. The second-order valence-corrected chi connectivity index (χ2v) is 10.2. The second-order valence-electron chi connectivity index (χ2n) is 9.40. The number of H-pyrrole nitrogens is 1. The van der Waals surface area contributed by atoms with E-state index >= 15 is 0 Å². The van der Waals surface area contributed by atoms with Gasteiger partial charge in [-0.1, -0.05) is 23.2 Å². The molecule has 2 aliphatic heterocycles. The number of benzene rings is 1. The van der Waals surface area contributed by atoms with E-state index in [9.17, 15) is 0 Å². The molecule has 9 nitrogen and oxygen atoms in total. The summed E-state index contributed by atoms with van der Waals surface area (Å²) in [4.78, 5) is 18.2. The first-order valence-electron chi connectivity index (χ1n) is 12.4. The van der Waals surface area contributed by atoms with Crippen molar-refractivity contribution in [2.75, 3.05) is 44.3 Å². The number of halogens is 2. The molecule has 6 rings (SSSR count). The quantitative estimate of drug-likeness (QED) is 0.374. The van der Waals surface area contributed by atoms with E-state index in [1.807, 2.05) is 37.5 Å². The van der Waals surface area contributed by atoms with E-state index in [-0.39, 0.29) is 6.10 Å². The summed E-state index contributed by atoms with van der Waals surface area (Å²) in [5.41, 5.74) is 3.20. The van der Waals surface area contributed by atoms with Crippen LogP contribution in [0, 0.1) is 0 Å². The number of hydrogen-bond acceptors (Lipinski definition) is 8. The topological polar surface area (TPSA) is 92.3 Å². The molecule has 0 aliphatic carbocycles. The molecule has 2 saturated heterocycles. The Morgan fingerprint density at radius 3 is 2.54 bits per heavy atom. The third-order valence-electron chi connectivity index (χ3n) is 7.01. The maximum absolute atomic E-state index is 6.31. The summed E-state index contributed by atoms with van der Waals surface area (Å²) >= 11 is 12.6. The number of aromatic amines is 1. The number of hydrogen-bond donors (Lipinski definition) is 1. The van der Waals surface area contributed by atoms with Gasteiger partial charge in [-0.25, -0.2) is 9.97 Å². The first-order chi connectivity index (χ1) is 18.1. The minimum absolute atomic E-state index is 0.361. The predicted octanol–water partition coefficient (Wildman–Crippen LogP) is 4.77. The van der Waals surface area contributed by atoms with Gasteiger partial charge in [0.2, 0.25) is 5.95 Å². The summed E-state index contributed by atoms with van der Waals surface area (Å²) in [5, 5.41) is 9.48. The van der Waals surface area contributed by atoms with E-state index in [1.165, 1.54) is 0 Å². The molecule has 37 heavy (non-hydrogen) atoms. The van der Waals surface area contributed by atoms with Crippen LogP contribution in [0.3, 0.4) is 0 Å². The summed E-state index contributed by atoms with van der Waals surface area (Å²) in [5.74, 6) is 1.43. The highest BCUT2D eigenvalue weighted by Crippen LogP contribution is 2.34. The van der Waals surface area contributed by atoms with Crippen molar-refractivity contribution in [3.63, 3.8) is 0 Å². The van der Waals surface area contributed by atoms with Crippen LogP contribution in [0.5, 0.6) is 5.75 Å². The Bertz CT molecular complexity index is 1370. The van der Waals surface area contributed by atoms with Crippen molar-refractivity contribution in [1.82, 2.24) is 30.0 Å². The van der Waals surface area contributed by atoms with Crippen LogP contribution in [0.1, 0.15) is 25.0 Å². The summed E-state index contributed by atoms with van der Waals surface area (Å²) < 4.78 is 11.6. The van der Waals surface area contributed by atoms with Gasteiger partial charge in [0.1, 0.15) is 17.5 Å². The SMILES string of the molecule is CC(Oc1ccc2[nH]nc(-c3cnc(N4CCCN(C5COC5)CC4)nc3)c2c1)c1c(Cl)cncc1Cl. The number of nitrogens with zero attached hydrogens (tertiary/aromatic N) is 6. The molecule has 0 saturated carbocycles. The highest BCUT2D eigenvalue weighted by atomic mass is 35.5. The molecule has 0 bridgehead atoms. The lowest BCUT2D eigenvalue weighted by Crippen LogP contribution is -2.50. The third kappa shape index (κ3) is 4.96. The Kier molecular flexibility index (Phi) is 6.86. The number of aromatic nitrogens is 5. The molecule has 3 aromatic heterocycles. The first kappa shape index (κ1) is 24.4. The lowest BCUT2D eigenvalue weighted by molar-refractivity contribution is -0.0625. The number of ether oxygens (including phenoxy) is 2. The van der Waals surface area contributed by atoms with E-state index < -0.39 is 0 Å².